The Hall–Kier alpha value is -0.230. The van der Waals surface area contributed by atoms with Gasteiger partial charge in [-0.25, -0.2) is 0 Å². The van der Waals surface area contributed by atoms with Crippen molar-refractivity contribution in [3.8, 4) is 0 Å². The van der Waals surface area contributed by atoms with Crippen LogP contribution in [0.3, 0.4) is 0 Å². The van der Waals surface area contributed by atoms with Crippen LogP contribution in [-0.2, 0) is 9.53 Å². The molecule has 1 aromatic carbocycles. The SMILES string of the molecule is O=C(CN1CCOCC1)Nc1c(Cl)c(Cl)cc(Cl)c1Cl. The number of morpholine rings is 1. The first kappa shape index (κ1) is 16.1. The van der Waals surface area contributed by atoms with Gasteiger partial charge in [-0.05, 0) is 6.07 Å². The molecular formula is C12H12Cl4N2O2. The van der Waals surface area contributed by atoms with Crippen molar-refractivity contribution in [3.05, 3.63) is 26.2 Å². The predicted octanol–water partition coefficient (Wildman–Crippen LogP) is 3.57. The highest BCUT2D eigenvalue weighted by Gasteiger charge is 2.19. The molecule has 1 aromatic rings. The summed E-state index contributed by atoms with van der Waals surface area (Å²) in [5, 5.41) is 3.48. The summed E-state index contributed by atoms with van der Waals surface area (Å²) in [6, 6.07) is 1.44. The average molecular weight is 358 g/mol. The zero-order chi connectivity index (χ0) is 14.7. The van der Waals surface area contributed by atoms with E-state index >= 15 is 0 Å². The van der Waals surface area contributed by atoms with Crippen LogP contribution in [0, 0.1) is 0 Å². The van der Waals surface area contributed by atoms with Crippen molar-refractivity contribution in [1.82, 2.24) is 4.90 Å². The molecule has 0 aromatic heterocycles. The molecule has 4 nitrogen and oxygen atoms in total. The lowest BCUT2D eigenvalue weighted by Crippen LogP contribution is -2.41. The second kappa shape index (κ2) is 7.16. The summed E-state index contributed by atoms with van der Waals surface area (Å²) in [5.74, 6) is -0.228. The minimum absolute atomic E-state index is 0.177. The van der Waals surface area contributed by atoms with Gasteiger partial charge in [-0.2, -0.15) is 0 Å². The van der Waals surface area contributed by atoms with Crippen molar-refractivity contribution in [3.63, 3.8) is 0 Å². The first-order chi connectivity index (χ1) is 9.49. The van der Waals surface area contributed by atoms with Gasteiger partial charge in [0.15, 0.2) is 0 Å². The molecular weight excluding hydrogens is 346 g/mol. The summed E-state index contributed by atoms with van der Waals surface area (Å²) >= 11 is 23.9. The highest BCUT2D eigenvalue weighted by Crippen LogP contribution is 2.40. The lowest BCUT2D eigenvalue weighted by Gasteiger charge is -2.26. The summed E-state index contributed by atoms with van der Waals surface area (Å²) in [4.78, 5) is 14.0. The highest BCUT2D eigenvalue weighted by atomic mass is 35.5. The lowest BCUT2D eigenvalue weighted by molar-refractivity contribution is -0.118. The molecule has 0 aliphatic carbocycles. The number of nitrogens with zero attached hydrogens (tertiary/aromatic N) is 1. The molecule has 20 heavy (non-hydrogen) atoms. The topological polar surface area (TPSA) is 41.6 Å². The first-order valence-electron chi connectivity index (χ1n) is 5.92. The fourth-order valence-corrected chi connectivity index (χ4v) is 2.73. The molecule has 1 aliphatic rings. The maximum Gasteiger partial charge on any atom is 0.238 e. The van der Waals surface area contributed by atoms with Gasteiger partial charge in [-0.15, -0.1) is 0 Å². The third kappa shape index (κ3) is 3.91. The molecule has 0 spiro atoms. The Morgan fingerprint density at radius 1 is 1.15 bits per heavy atom. The second-order valence-corrected chi connectivity index (χ2v) is 5.85. The van der Waals surface area contributed by atoms with E-state index < -0.39 is 0 Å². The van der Waals surface area contributed by atoms with Crippen LogP contribution in [0.15, 0.2) is 6.07 Å². The molecule has 0 saturated carbocycles. The number of halogens is 4. The molecule has 8 heteroatoms. The number of amides is 1. The highest BCUT2D eigenvalue weighted by molar-refractivity contribution is 6.50. The van der Waals surface area contributed by atoms with E-state index in [4.69, 9.17) is 51.1 Å². The minimum Gasteiger partial charge on any atom is -0.379 e. The van der Waals surface area contributed by atoms with E-state index in [0.29, 0.717) is 26.3 Å². The molecule has 1 N–H and O–H groups in total. The molecule has 1 aliphatic heterocycles. The maximum atomic E-state index is 12.0. The number of hydrogen-bond acceptors (Lipinski definition) is 3. The van der Waals surface area contributed by atoms with Crippen LogP contribution in [0.25, 0.3) is 0 Å². The Bertz CT molecular complexity index is 492. The maximum absolute atomic E-state index is 12.0. The zero-order valence-electron chi connectivity index (χ0n) is 10.4. The number of hydrogen-bond donors (Lipinski definition) is 1. The third-order valence-electron chi connectivity index (χ3n) is 2.85. The molecule has 0 radical (unpaired) electrons. The molecule has 1 saturated heterocycles. The fraction of sp³-hybridized carbons (Fsp3) is 0.417. The summed E-state index contributed by atoms with van der Waals surface area (Å²) in [6.07, 6.45) is 0. The van der Waals surface area contributed by atoms with E-state index in [0.717, 1.165) is 0 Å². The number of carbonyl (C=O) groups is 1. The predicted molar refractivity (Wildman–Crippen MR) is 82.4 cm³/mol. The van der Waals surface area contributed by atoms with Crippen LogP contribution in [0.1, 0.15) is 0 Å². The van der Waals surface area contributed by atoms with Gasteiger partial charge in [0.25, 0.3) is 0 Å². The van der Waals surface area contributed by atoms with Gasteiger partial charge in [-0.3, -0.25) is 9.69 Å². The van der Waals surface area contributed by atoms with Crippen molar-refractivity contribution in [2.24, 2.45) is 0 Å². The van der Waals surface area contributed by atoms with E-state index in [2.05, 4.69) is 5.32 Å². The summed E-state index contributed by atoms with van der Waals surface area (Å²) in [5.41, 5.74) is 0.240. The van der Waals surface area contributed by atoms with Crippen LogP contribution in [0.2, 0.25) is 20.1 Å². The zero-order valence-corrected chi connectivity index (χ0v) is 13.4. The van der Waals surface area contributed by atoms with E-state index in [9.17, 15) is 4.79 Å². The Balaban J connectivity index is 2.07. The second-order valence-electron chi connectivity index (χ2n) is 4.28. The fourth-order valence-electron chi connectivity index (χ4n) is 1.82. The summed E-state index contributed by atoms with van der Waals surface area (Å²) in [7, 11) is 0. The van der Waals surface area contributed by atoms with E-state index in [1.165, 1.54) is 6.07 Å². The number of ether oxygens (including phenoxy) is 1. The van der Waals surface area contributed by atoms with E-state index in [-0.39, 0.29) is 38.2 Å². The van der Waals surface area contributed by atoms with Crippen molar-refractivity contribution >= 4 is 58.0 Å². The van der Waals surface area contributed by atoms with Gasteiger partial charge in [0.05, 0.1) is 45.5 Å². The van der Waals surface area contributed by atoms with Crippen LogP contribution in [0.5, 0.6) is 0 Å². The molecule has 2 rings (SSSR count). The first-order valence-corrected chi connectivity index (χ1v) is 7.43. The van der Waals surface area contributed by atoms with Crippen LogP contribution in [0.4, 0.5) is 5.69 Å². The monoisotopic (exact) mass is 356 g/mol. The van der Waals surface area contributed by atoms with Gasteiger partial charge in [0.1, 0.15) is 0 Å². The van der Waals surface area contributed by atoms with Crippen LogP contribution in [-0.4, -0.2) is 43.7 Å². The number of carbonyl (C=O) groups excluding carboxylic acids is 1. The number of nitrogens with one attached hydrogen (secondary N) is 1. The van der Waals surface area contributed by atoms with Gasteiger partial charge in [0.2, 0.25) is 5.91 Å². The van der Waals surface area contributed by atoms with E-state index in [1.807, 2.05) is 4.90 Å². The average Bonchev–Trinajstić information content (AvgIpc) is 2.42. The number of anilines is 1. The Morgan fingerprint density at radius 3 is 2.25 bits per heavy atom. The summed E-state index contributed by atoms with van der Waals surface area (Å²) < 4.78 is 5.22. The lowest BCUT2D eigenvalue weighted by atomic mass is 10.3. The molecule has 1 heterocycles. The van der Waals surface area contributed by atoms with Gasteiger partial charge >= 0.3 is 0 Å². The van der Waals surface area contributed by atoms with Crippen molar-refractivity contribution in [1.29, 1.82) is 0 Å². The van der Waals surface area contributed by atoms with Gasteiger partial charge < -0.3 is 10.1 Å². The number of benzene rings is 1. The van der Waals surface area contributed by atoms with Gasteiger partial charge in [0, 0.05) is 13.1 Å². The van der Waals surface area contributed by atoms with Crippen molar-refractivity contribution in [2.45, 2.75) is 0 Å². The molecule has 110 valence electrons. The summed E-state index contributed by atoms with van der Waals surface area (Å²) in [6.45, 7) is 2.91. The Labute approximate surface area is 136 Å². The third-order valence-corrected chi connectivity index (χ3v) is 4.42. The van der Waals surface area contributed by atoms with Gasteiger partial charge in [-0.1, -0.05) is 46.4 Å². The Kier molecular flexibility index (Phi) is 5.78. The normalized spacial score (nSPS) is 16.2. The molecule has 1 amide bonds. The minimum atomic E-state index is -0.228. The van der Waals surface area contributed by atoms with Crippen LogP contribution < -0.4 is 5.32 Å². The van der Waals surface area contributed by atoms with Crippen molar-refractivity contribution < 1.29 is 9.53 Å². The largest absolute Gasteiger partial charge is 0.379 e. The van der Waals surface area contributed by atoms with Crippen molar-refractivity contribution in [2.75, 3.05) is 38.2 Å². The smallest absolute Gasteiger partial charge is 0.238 e. The number of rotatable bonds is 3. The molecule has 0 atom stereocenters. The molecule has 0 bridgehead atoms. The quantitative estimate of drug-likeness (QED) is 0.841. The Morgan fingerprint density at radius 2 is 1.70 bits per heavy atom. The standard InChI is InChI=1S/C12H12Cl4N2O2/c13-7-5-8(14)11(16)12(10(7)15)17-9(19)6-18-1-3-20-4-2-18/h5H,1-4,6H2,(H,17,19). The molecule has 0 unspecified atom stereocenters. The molecule has 1 fully saturated rings. The van der Waals surface area contributed by atoms with Crippen LogP contribution >= 0.6 is 46.4 Å². The van der Waals surface area contributed by atoms with E-state index in [1.54, 1.807) is 0 Å².